The van der Waals surface area contributed by atoms with Crippen LogP contribution in [0.25, 0.3) is 22.3 Å². The first-order valence-electron chi connectivity index (χ1n) is 42.5. The first-order chi connectivity index (χ1) is 64.3. The molecule has 0 amide bonds. The molecule has 4 aromatic heterocycles. The van der Waals surface area contributed by atoms with E-state index in [1.165, 1.54) is 86.1 Å². The molecule has 14 N–H and O–H groups in total. The van der Waals surface area contributed by atoms with Crippen molar-refractivity contribution in [1.29, 1.82) is 0 Å². The van der Waals surface area contributed by atoms with Crippen molar-refractivity contribution in [2.24, 2.45) is 10.7 Å². The predicted octanol–water partition coefficient (Wildman–Crippen LogP) is 1.43. The maximum Gasteiger partial charge on any atom is 0.483 e. The van der Waals surface area contributed by atoms with Gasteiger partial charge in [0.25, 0.3) is 0 Å². The first kappa shape index (κ1) is 115. The van der Waals surface area contributed by atoms with Crippen LogP contribution in [0.5, 0.6) is 0 Å². The number of nitrogens with two attached hydrogens (primary N) is 3. The summed E-state index contributed by atoms with van der Waals surface area (Å²) in [6, 6.07) is 1.07. The highest BCUT2D eigenvalue weighted by molar-refractivity contribution is 7.61. The van der Waals surface area contributed by atoms with Crippen LogP contribution in [0.4, 0.5) is 20.4 Å². The highest BCUT2D eigenvalue weighted by atomic mass is 31.3. The summed E-state index contributed by atoms with van der Waals surface area (Å²) in [7, 11) is -21.2. The number of aliphatic hydroxyl groups is 2. The van der Waals surface area contributed by atoms with Gasteiger partial charge in [0, 0.05) is 102 Å². The number of aliphatic imine (C=N–C) groups is 1. The van der Waals surface area contributed by atoms with Gasteiger partial charge in [0.05, 0.1) is 45.1 Å². The number of imidazole rings is 2. The molecule has 56 nitrogen and oxygen atoms in total. The van der Waals surface area contributed by atoms with E-state index in [4.69, 9.17) is 102 Å². The van der Waals surface area contributed by atoms with Gasteiger partial charge in [-0.1, -0.05) is 38.5 Å². The summed E-state index contributed by atoms with van der Waals surface area (Å²) in [5.74, 6) is -9.00. The average Bonchev–Trinajstić information content (AvgIpc) is 1.34. The zero-order valence-corrected chi connectivity index (χ0v) is 79.9. The van der Waals surface area contributed by atoms with Gasteiger partial charge in [-0.05, 0) is 39.5 Å². The molecular weight excluding hydrogens is 1930 g/mol. The lowest BCUT2D eigenvalue weighted by atomic mass is 9.94. The third-order valence-electron chi connectivity index (χ3n) is 20.1. The fourth-order valence-corrected chi connectivity index (χ4v) is 18.4. The molecule has 9 heterocycles. The molecule has 772 valence electrons. The van der Waals surface area contributed by atoms with E-state index >= 15 is 4.39 Å². The van der Waals surface area contributed by atoms with Gasteiger partial charge in [0.1, 0.15) is 73.5 Å². The average molecular weight is 2050 g/mol. The van der Waals surface area contributed by atoms with E-state index in [0.717, 1.165) is 99.7 Å². The van der Waals surface area contributed by atoms with Crippen molar-refractivity contribution in [3.63, 3.8) is 0 Å². The molecule has 7 aliphatic rings. The smallest absolute Gasteiger partial charge is 0.462 e. The molecule has 7 fully saturated rings. The summed E-state index contributed by atoms with van der Waals surface area (Å²) >= 11 is 0. The Morgan fingerprint density at radius 2 is 0.891 bits per heavy atom. The highest BCUT2D eigenvalue weighted by Gasteiger charge is 2.60. The number of ether oxygens (including phenoxy) is 16. The number of guanidine groups is 1. The number of halogens is 2. The lowest BCUT2D eigenvalue weighted by Crippen LogP contribution is -2.65. The number of nitrogens with one attached hydrogen (secondary N) is 1. The van der Waals surface area contributed by atoms with Crippen LogP contribution in [0.3, 0.4) is 0 Å². The Kier molecular flexibility index (Phi) is 44.7. The Balaban J connectivity index is 0.000000265. The van der Waals surface area contributed by atoms with Crippen molar-refractivity contribution in [3.05, 3.63) is 25.3 Å². The second kappa shape index (κ2) is 53.3. The van der Waals surface area contributed by atoms with Crippen molar-refractivity contribution >= 4 is 131 Å². The van der Waals surface area contributed by atoms with Crippen LogP contribution in [-0.4, -0.2) is 332 Å². The molecule has 5 saturated heterocycles. The zero-order chi connectivity index (χ0) is 102. The molecule has 0 spiro atoms. The van der Waals surface area contributed by atoms with Crippen LogP contribution in [0.15, 0.2) is 30.3 Å². The van der Waals surface area contributed by atoms with Crippen LogP contribution in [0, 0.1) is 0 Å². The van der Waals surface area contributed by atoms with Gasteiger partial charge in [-0.15, -0.1) is 0 Å². The minimum absolute atomic E-state index is 0.0346. The molecule has 2 aliphatic carbocycles. The largest absolute Gasteiger partial charge is 0.483 e. The SMILES string of the molecule is CC(=O)OC[C@@H](OC(C)=O)C1O[C@@H](OP(=O)(O)O)C(OC(C)=O)[C@@H](OC(C)=O)[C@@H]1OC(C)=O.CC(=O)OC[C@@H](OC(C)=O)C1O[C@@H](OP(=O)(O)OP(=O)(O)OC[C@H]2O[C@@H](n3cnc4c(N)ncnc43)[C@@H](O)C2F)C(OC(C)=O)[C@@H](OC(C)=O)[C@@H]1OC(C)=O.CCOCC.NC(=NC1CCCCC1)NC1CCCCC1.Nc1ncnc2c1ncn2[C@@H]1O[C@H](COP(=O)(O)N2CCOCC2)C(F)[C@@H]1O. The number of anilines is 2. The minimum Gasteiger partial charge on any atom is -0.462 e. The molecule has 0 bridgehead atoms. The molecule has 0 aromatic carbocycles. The van der Waals surface area contributed by atoms with E-state index < -0.39 is 240 Å². The molecule has 11 rings (SSSR count). The number of esters is 10. The second-order valence-corrected chi connectivity index (χ2v) is 36.9. The van der Waals surface area contributed by atoms with E-state index in [9.17, 15) is 105 Å². The lowest BCUT2D eigenvalue weighted by Gasteiger charge is -2.45. The van der Waals surface area contributed by atoms with Crippen LogP contribution in [0.2, 0.25) is 0 Å². The van der Waals surface area contributed by atoms with E-state index in [1.54, 1.807) is 0 Å². The number of phosphoric ester groups is 3. The van der Waals surface area contributed by atoms with Crippen LogP contribution in [-0.2, 0) is 164 Å². The number of rotatable bonds is 33. The van der Waals surface area contributed by atoms with Crippen LogP contribution < -0.4 is 22.5 Å². The Labute approximate surface area is 780 Å². The van der Waals surface area contributed by atoms with Crippen LogP contribution >= 0.6 is 31.2 Å². The number of carbonyl (C=O) groups is 10. The molecule has 4 aromatic rings. The number of aromatic nitrogens is 8. The number of nitrogens with zero attached hydrogens (tertiary/aromatic N) is 10. The second-order valence-electron chi connectivity index (χ2n) is 30.9. The van der Waals surface area contributed by atoms with Crippen molar-refractivity contribution in [2.45, 2.75) is 282 Å². The van der Waals surface area contributed by atoms with Crippen molar-refractivity contribution in [3.8, 4) is 0 Å². The topological polar surface area (TPSA) is 767 Å². The third kappa shape index (κ3) is 35.8. The molecule has 5 aliphatic heterocycles. The number of aliphatic hydroxyl groups excluding tert-OH is 2. The summed E-state index contributed by atoms with van der Waals surface area (Å²) in [5.41, 5.74) is 18.1. The third-order valence-corrected chi connectivity index (χ3v) is 24.8. The fourth-order valence-electron chi connectivity index (χ4n) is 14.6. The summed E-state index contributed by atoms with van der Waals surface area (Å²) in [4.78, 5) is 196. The fraction of sp³-hybridized carbons (Fsp3) is 0.720. The van der Waals surface area contributed by atoms with E-state index in [0.29, 0.717) is 36.8 Å². The first-order valence-corrected chi connectivity index (χ1v) is 48.6. The summed E-state index contributed by atoms with van der Waals surface area (Å²) in [6.45, 7) is 13.0. The zero-order valence-electron chi connectivity index (χ0n) is 76.3. The molecule has 23 atom stereocenters. The van der Waals surface area contributed by atoms with Gasteiger partial charge in [-0.2, -0.15) is 4.31 Å². The van der Waals surface area contributed by atoms with Crippen molar-refractivity contribution in [1.82, 2.24) is 49.0 Å². The number of morpholine rings is 1. The van der Waals surface area contributed by atoms with Gasteiger partial charge < -0.3 is 133 Å². The molecule has 0 radical (unpaired) electrons. The Hall–Kier alpha value is -9.31. The molecule has 2 saturated carbocycles. The van der Waals surface area contributed by atoms with Gasteiger partial charge >= 0.3 is 90.9 Å². The maximum absolute atomic E-state index is 15.1. The monoisotopic (exact) mass is 2050 g/mol. The van der Waals surface area contributed by atoms with Crippen LogP contribution in [0.1, 0.15) is 160 Å². The maximum atomic E-state index is 15.1. The molecular formula is C75H116F2N14O42P4. The number of nitrogen functional groups attached to an aromatic ring is 2. The predicted molar refractivity (Wildman–Crippen MR) is 454 cm³/mol. The summed E-state index contributed by atoms with van der Waals surface area (Å²) < 4.78 is 190. The van der Waals surface area contributed by atoms with E-state index in [2.05, 4.69) is 53.6 Å². The number of hydrogen-bond acceptors (Lipinski definition) is 46. The Bertz CT molecular complexity index is 4930. The molecule has 62 heteroatoms. The van der Waals surface area contributed by atoms with Gasteiger partial charge in [0.2, 0.25) is 12.6 Å². The standard InChI is InChI=1S/C27H36FN5O20P2.C17H25O15P.C14H20FN6O6P.C13H25N3.C4H10O/c1-10(34)44-6-16(46-11(2)35)20-21(47-12(3)36)22(48-13(4)37)23(49-14(5)38)27(51-20)52-55(42,43)53-54(40,41)45-7-15-17(28)19(39)26(50-15)33-9-32-18-24(29)30-8-31-25(18)33;1-7(18)26-6-12(27-8(2)19)13-14(28-9(3)20)15(29-10(4)21)16(30-11(5)22)17(31-13)32-33(23,24)25;15-9-8(5-26-28(23,24)20-1-3-25-4-2-20)27-14(11(9)22)21-7-19-10-12(16)17-6-18-13(10)21;14-13(15-11-7-3-1-4-8-11)16-12-9-5-2-6-10-12;1-3-5-4-2/h8-9,15-17,19-23,26-27,39H,6-7H2,1-5H3,(H,40,41)(H,42,43)(H2,29,30,31);12-17H,6H2,1-5H3,(H2,23,24,25);6-9,11,14,22H,1-5H2,(H,23,24)(H2,16,17,18);11-12H,1-10H2,(H3,14,15,16);3-4H2,1-2H3/t15-,16-,17?,19+,20?,21-,22+,23?,26-,27+;12-,13?,14-,15+,16?,17+;8-,9?,11+,14-;;/m111../s1. The van der Waals surface area contributed by atoms with Gasteiger partial charge in [-0.25, -0.2) is 61.6 Å². The summed E-state index contributed by atoms with van der Waals surface area (Å²) in [5, 5.41) is 24.2. The Morgan fingerprint density at radius 1 is 0.504 bits per heavy atom. The lowest BCUT2D eigenvalue weighted by molar-refractivity contribution is -0.302. The molecule has 9 unspecified atom stereocenters. The molecule has 137 heavy (non-hydrogen) atoms. The van der Waals surface area contributed by atoms with Gasteiger partial charge in [-0.3, -0.25) is 80.2 Å². The Morgan fingerprint density at radius 3 is 1.27 bits per heavy atom. The van der Waals surface area contributed by atoms with Gasteiger partial charge in [0.15, 0.2) is 103 Å². The quantitative estimate of drug-likeness (QED) is 0.0106. The number of phosphoric acid groups is 3. The number of alkyl halides is 2. The number of fused-ring (bicyclic) bond motifs is 2. The highest BCUT2D eigenvalue weighted by Crippen LogP contribution is 2.62. The van der Waals surface area contributed by atoms with E-state index in [1.807, 2.05) is 13.8 Å². The summed E-state index contributed by atoms with van der Waals surface area (Å²) in [6.07, 6.45) is -18.1. The number of carbonyl (C=O) groups excluding carboxylic acids is 10. The number of hydrogen-bond donors (Lipinski definition) is 11. The van der Waals surface area contributed by atoms with Crippen molar-refractivity contribution < 1.29 is 208 Å². The minimum atomic E-state index is -5.98. The normalized spacial score (nSPS) is 27.7. The van der Waals surface area contributed by atoms with Crippen molar-refractivity contribution in [2.75, 3.05) is 77.4 Å². The van der Waals surface area contributed by atoms with E-state index in [-0.39, 0.29) is 41.5 Å².